The second-order valence-corrected chi connectivity index (χ2v) is 9.00. The predicted molar refractivity (Wildman–Crippen MR) is 105 cm³/mol. The van der Waals surface area contributed by atoms with Gasteiger partial charge in [-0.3, -0.25) is 19.1 Å². The molecule has 0 aliphatic heterocycles. The van der Waals surface area contributed by atoms with Gasteiger partial charge in [-0.1, -0.05) is 27.2 Å². The number of carbonyl (C=O) groups excluding carboxylic acids is 1. The van der Waals surface area contributed by atoms with Crippen molar-refractivity contribution >= 4 is 27.4 Å². The number of sulfonamides is 1. The van der Waals surface area contributed by atoms with Gasteiger partial charge < -0.3 is 10.6 Å². The van der Waals surface area contributed by atoms with Crippen LogP contribution >= 0.6 is 0 Å². The average Bonchev–Trinajstić information content (AvgIpc) is 2.52. The van der Waals surface area contributed by atoms with Crippen LogP contribution in [0.2, 0.25) is 0 Å². The fourth-order valence-corrected chi connectivity index (χ4v) is 2.80. The van der Waals surface area contributed by atoms with Gasteiger partial charge in [0.25, 0.3) is 5.56 Å². The molecule has 0 spiro atoms. The molecule has 1 rings (SSSR count). The number of nitrogen functional groups attached to an aromatic ring is 1. The highest BCUT2D eigenvalue weighted by Crippen LogP contribution is 2.19. The van der Waals surface area contributed by atoms with Crippen molar-refractivity contribution in [1.82, 2.24) is 13.9 Å². The molecule has 1 aromatic rings. The van der Waals surface area contributed by atoms with E-state index < -0.39 is 33.7 Å². The Morgan fingerprint density at radius 3 is 2.37 bits per heavy atom. The second kappa shape index (κ2) is 9.18. The van der Waals surface area contributed by atoms with Crippen molar-refractivity contribution in [2.24, 2.45) is 5.92 Å². The molecule has 1 aromatic heterocycles. The Morgan fingerprint density at radius 2 is 1.89 bits per heavy atom. The lowest BCUT2D eigenvalue weighted by Crippen LogP contribution is -2.46. The molecular weight excluding hydrogens is 374 g/mol. The first kappa shape index (κ1) is 22.9. The van der Waals surface area contributed by atoms with E-state index in [2.05, 4.69) is 4.98 Å². The number of carbonyl (C=O) groups is 1. The van der Waals surface area contributed by atoms with Crippen LogP contribution < -0.4 is 21.9 Å². The smallest absolute Gasteiger partial charge is 0.330 e. The normalized spacial score (nSPS) is 12.0. The van der Waals surface area contributed by atoms with Crippen molar-refractivity contribution in [2.75, 3.05) is 37.0 Å². The maximum absolute atomic E-state index is 12.8. The number of rotatable bonds is 9. The summed E-state index contributed by atoms with van der Waals surface area (Å²) in [6.45, 7) is 5.64. The summed E-state index contributed by atoms with van der Waals surface area (Å²) < 4.78 is 25.3. The fourth-order valence-electron chi connectivity index (χ4n) is 2.45. The number of anilines is 2. The maximum atomic E-state index is 12.8. The Hall–Kier alpha value is -2.14. The summed E-state index contributed by atoms with van der Waals surface area (Å²) in [4.78, 5) is 40.6. The van der Waals surface area contributed by atoms with Gasteiger partial charge in [0.1, 0.15) is 5.82 Å². The van der Waals surface area contributed by atoms with Crippen molar-refractivity contribution < 1.29 is 13.2 Å². The summed E-state index contributed by atoms with van der Waals surface area (Å²) >= 11 is 0. The number of unbranched alkanes of at least 4 members (excludes halogenated alkanes) is 1. The van der Waals surface area contributed by atoms with Gasteiger partial charge in [0, 0.05) is 20.1 Å². The Bertz CT molecular complexity index is 887. The van der Waals surface area contributed by atoms with E-state index in [1.54, 1.807) is 0 Å². The van der Waals surface area contributed by atoms with Crippen molar-refractivity contribution in [3.63, 3.8) is 0 Å². The van der Waals surface area contributed by atoms with Crippen LogP contribution in [0.1, 0.15) is 33.6 Å². The third-order valence-corrected chi connectivity index (χ3v) is 5.25. The lowest BCUT2D eigenvalue weighted by Gasteiger charge is -2.27. The number of nitrogens with zero attached hydrogens (tertiary/aromatic N) is 3. The van der Waals surface area contributed by atoms with E-state index in [1.807, 2.05) is 20.8 Å². The molecule has 0 fully saturated rings. The Kier molecular flexibility index (Phi) is 7.78. The van der Waals surface area contributed by atoms with Gasteiger partial charge in [-0.05, 0) is 12.3 Å². The molecule has 27 heavy (non-hydrogen) atoms. The van der Waals surface area contributed by atoms with E-state index in [0.717, 1.165) is 21.9 Å². The molecule has 11 heteroatoms. The number of aromatic amines is 1. The van der Waals surface area contributed by atoms with Gasteiger partial charge >= 0.3 is 5.69 Å². The number of nitrogens with one attached hydrogen (secondary N) is 1. The van der Waals surface area contributed by atoms with Gasteiger partial charge in [0.05, 0.1) is 12.8 Å². The molecule has 3 N–H and O–H groups in total. The number of amides is 1. The van der Waals surface area contributed by atoms with Crippen molar-refractivity contribution in [3.8, 4) is 0 Å². The van der Waals surface area contributed by atoms with Crippen LogP contribution in [0, 0.1) is 5.92 Å². The van der Waals surface area contributed by atoms with E-state index in [4.69, 9.17) is 5.73 Å². The van der Waals surface area contributed by atoms with Crippen molar-refractivity contribution in [2.45, 2.75) is 40.2 Å². The molecule has 0 aromatic carbocycles. The van der Waals surface area contributed by atoms with Crippen molar-refractivity contribution in [3.05, 3.63) is 20.8 Å². The van der Waals surface area contributed by atoms with Crippen LogP contribution in [0.4, 0.5) is 11.5 Å². The Labute approximate surface area is 159 Å². The molecule has 0 aliphatic rings. The zero-order chi connectivity index (χ0) is 20.9. The molecule has 1 amide bonds. The second-order valence-electron chi connectivity index (χ2n) is 6.92. The minimum atomic E-state index is -3.58. The standard InChI is InChI=1S/C16H29N5O5S/c1-6-7-8-20-14(17)13(15(23)18-16(20)24)21(9-11(2)3)12(22)10-19(4)27(5,25)26/h11H,6-10,17H2,1-5H3,(H,18,23,24). The molecule has 0 saturated carbocycles. The minimum absolute atomic E-state index is 0.0210. The quantitative estimate of drug-likeness (QED) is 0.585. The predicted octanol–water partition coefficient (Wildman–Crippen LogP) is -0.201. The highest BCUT2D eigenvalue weighted by Gasteiger charge is 2.27. The summed E-state index contributed by atoms with van der Waals surface area (Å²) in [6, 6.07) is 0. The molecule has 0 radical (unpaired) electrons. The van der Waals surface area contributed by atoms with Gasteiger partial charge in [0.2, 0.25) is 15.9 Å². The fraction of sp³-hybridized carbons (Fsp3) is 0.688. The summed E-state index contributed by atoms with van der Waals surface area (Å²) in [6.07, 6.45) is 2.47. The van der Waals surface area contributed by atoms with Crippen LogP contribution in [0.15, 0.2) is 9.59 Å². The van der Waals surface area contributed by atoms with Crippen LogP contribution in [0.25, 0.3) is 0 Å². The lowest BCUT2D eigenvalue weighted by atomic mass is 10.2. The molecular formula is C16H29N5O5S. The highest BCUT2D eigenvalue weighted by molar-refractivity contribution is 7.88. The number of aromatic nitrogens is 2. The summed E-state index contributed by atoms with van der Waals surface area (Å²) in [5.41, 5.74) is 4.53. The average molecular weight is 404 g/mol. The third-order valence-electron chi connectivity index (χ3n) is 3.99. The van der Waals surface area contributed by atoms with Crippen LogP contribution in [0.5, 0.6) is 0 Å². The molecule has 1 heterocycles. The third kappa shape index (κ3) is 5.93. The van der Waals surface area contributed by atoms with Crippen molar-refractivity contribution in [1.29, 1.82) is 0 Å². The zero-order valence-electron chi connectivity index (χ0n) is 16.5. The topological polar surface area (TPSA) is 139 Å². The highest BCUT2D eigenvalue weighted by atomic mass is 32.2. The summed E-state index contributed by atoms with van der Waals surface area (Å²) in [7, 11) is -2.30. The van der Waals surface area contributed by atoms with Gasteiger partial charge in [0.15, 0.2) is 5.69 Å². The first-order valence-corrected chi connectivity index (χ1v) is 10.6. The van der Waals surface area contributed by atoms with Gasteiger partial charge in [-0.2, -0.15) is 4.31 Å². The minimum Gasteiger partial charge on any atom is -0.383 e. The largest absolute Gasteiger partial charge is 0.383 e. The molecule has 0 unspecified atom stereocenters. The number of likely N-dealkylation sites (N-methyl/N-ethyl adjacent to an activating group) is 1. The number of H-pyrrole nitrogens is 1. The number of hydrogen-bond acceptors (Lipinski definition) is 6. The van der Waals surface area contributed by atoms with E-state index >= 15 is 0 Å². The number of hydrogen-bond donors (Lipinski definition) is 2. The van der Waals surface area contributed by atoms with Crippen LogP contribution in [0.3, 0.4) is 0 Å². The molecule has 0 aliphatic carbocycles. The molecule has 10 nitrogen and oxygen atoms in total. The first-order chi connectivity index (χ1) is 12.4. The molecule has 154 valence electrons. The van der Waals surface area contributed by atoms with Gasteiger partial charge in [-0.15, -0.1) is 0 Å². The van der Waals surface area contributed by atoms with E-state index in [-0.39, 0.29) is 24.0 Å². The molecule has 0 saturated heterocycles. The molecule has 0 bridgehead atoms. The zero-order valence-corrected chi connectivity index (χ0v) is 17.3. The first-order valence-electron chi connectivity index (χ1n) is 8.74. The molecule has 0 atom stereocenters. The van der Waals surface area contributed by atoms with Crippen LogP contribution in [-0.4, -0.2) is 54.6 Å². The van der Waals surface area contributed by atoms with E-state index in [1.165, 1.54) is 11.6 Å². The maximum Gasteiger partial charge on any atom is 0.330 e. The van der Waals surface area contributed by atoms with E-state index in [0.29, 0.717) is 13.0 Å². The summed E-state index contributed by atoms with van der Waals surface area (Å²) in [5.74, 6) is -0.727. The number of nitrogens with two attached hydrogens (primary N) is 1. The SMILES string of the molecule is CCCCn1c(N)c(N(CC(C)C)C(=O)CN(C)S(C)(=O)=O)c(=O)[nH]c1=O. The lowest BCUT2D eigenvalue weighted by molar-refractivity contribution is -0.118. The monoisotopic (exact) mass is 403 g/mol. The van der Waals surface area contributed by atoms with Gasteiger partial charge in [-0.25, -0.2) is 13.2 Å². The summed E-state index contributed by atoms with van der Waals surface area (Å²) in [5, 5.41) is 0. The van der Waals surface area contributed by atoms with E-state index in [9.17, 15) is 22.8 Å². The van der Waals surface area contributed by atoms with Crippen LogP contribution in [-0.2, 0) is 21.4 Å². The Morgan fingerprint density at radius 1 is 1.30 bits per heavy atom. The Balaban J connectivity index is 3.45.